The summed E-state index contributed by atoms with van der Waals surface area (Å²) in [6.07, 6.45) is -4.65. The SMILES string of the molecule is Cc1nc2ccccc2c(=O)n1CC(=O)Nc1ccc(Cl)c(C(F)(F)F)c1. The number of nitrogens with zero attached hydrogens (tertiary/aromatic N) is 2. The van der Waals surface area contributed by atoms with E-state index in [9.17, 15) is 22.8 Å². The van der Waals surface area contributed by atoms with Crippen LogP contribution in [0.4, 0.5) is 18.9 Å². The van der Waals surface area contributed by atoms with E-state index in [1.165, 1.54) is 6.07 Å². The summed E-state index contributed by atoms with van der Waals surface area (Å²) in [7, 11) is 0. The fraction of sp³-hybridized carbons (Fsp3) is 0.167. The Bertz CT molecular complexity index is 1090. The minimum Gasteiger partial charge on any atom is -0.325 e. The van der Waals surface area contributed by atoms with Crippen LogP contribution in [0.15, 0.2) is 47.3 Å². The van der Waals surface area contributed by atoms with E-state index in [0.29, 0.717) is 16.7 Å². The molecule has 0 bridgehead atoms. The van der Waals surface area contributed by atoms with E-state index in [0.717, 1.165) is 16.7 Å². The highest BCUT2D eigenvalue weighted by Crippen LogP contribution is 2.36. The highest BCUT2D eigenvalue weighted by atomic mass is 35.5. The molecule has 0 aliphatic carbocycles. The number of aryl methyl sites for hydroxylation is 1. The summed E-state index contributed by atoms with van der Waals surface area (Å²) in [5.74, 6) is -0.339. The lowest BCUT2D eigenvalue weighted by Crippen LogP contribution is -2.30. The summed E-state index contributed by atoms with van der Waals surface area (Å²) in [6, 6.07) is 9.74. The van der Waals surface area contributed by atoms with Gasteiger partial charge in [0, 0.05) is 5.69 Å². The average Bonchev–Trinajstić information content (AvgIpc) is 2.59. The molecular weight excluding hydrogens is 383 g/mol. The van der Waals surface area contributed by atoms with Crippen molar-refractivity contribution < 1.29 is 18.0 Å². The number of hydrogen-bond acceptors (Lipinski definition) is 3. The first-order valence-corrected chi connectivity index (χ1v) is 8.17. The fourth-order valence-electron chi connectivity index (χ4n) is 2.63. The summed E-state index contributed by atoms with van der Waals surface area (Å²) >= 11 is 5.56. The Kier molecular flexibility index (Phi) is 4.93. The molecule has 5 nitrogen and oxygen atoms in total. The van der Waals surface area contributed by atoms with Crippen LogP contribution in [0.25, 0.3) is 10.9 Å². The number of amides is 1. The minimum atomic E-state index is -4.65. The lowest BCUT2D eigenvalue weighted by atomic mass is 10.2. The molecule has 0 saturated carbocycles. The first-order valence-electron chi connectivity index (χ1n) is 7.79. The fourth-order valence-corrected chi connectivity index (χ4v) is 2.85. The van der Waals surface area contributed by atoms with Crippen LogP contribution >= 0.6 is 11.6 Å². The maximum absolute atomic E-state index is 12.9. The van der Waals surface area contributed by atoms with Crippen molar-refractivity contribution in [2.24, 2.45) is 0 Å². The van der Waals surface area contributed by atoms with Crippen LogP contribution in [0.2, 0.25) is 5.02 Å². The largest absolute Gasteiger partial charge is 0.417 e. The summed E-state index contributed by atoms with van der Waals surface area (Å²) < 4.78 is 39.9. The van der Waals surface area contributed by atoms with E-state index in [-0.39, 0.29) is 12.2 Å². The maximum Gasteiger partial charge on any atom is 0.417 e. The molecule has 1 amide bonds. The molecule has 1 N–H and O–H groups in total. The van der Waals surface area contributed by atoms with E-state index >= 15 is 0 Å². The van der Waals surface area contributed by atoms with Crippen LogP contribution in [-0.4, -0.2) is 15.5 Å². The van der Waals surface area contributed by atoms with Gasteiger partial charge in [-0.25, -0.2) is 4.98 Å². The predicted octanol–water partition coefficient (Wildman–Crippen LogP) is 4.02. The van der Waals surface area contributed by atoms with E-state index in [2.05, 4.69) is 10.3 Å². The monoisotopic (exact) mass is 395 g/mol. The molecule has 9 heteroatoms. The van der Waals surface area contributed by atoms with Gasteiger partial charge in [-0.1, -0.05) is 23.7 Å². The topological polar surface area (TPSA) is 64.0 Å². The smallest absolute Gasteiger partial charge is 0.325 e. The number of alkyl halides is 3. The molecule has 0 saturated heterocycles. The standard InChI is InChI=1S/C18H13ClF3N3O2/c1-10-23-15-5-3-2-4-12(15)17(27)25(10)9-16(26)24-11-6-7-14(19)13(8-11)18(20,21)22/h2-8H,9H2,1H3,(H,24,26). The van der Waals surface area contributed by atoms with Crippen LogP contribution in [-0.2, 0) is 17.5 Å². The highest BCUT2D eigenvalue weighted by Gasteiger charge is 2.33. The van der Waals surface area contributed by atoms with Crippen LogP contribution in [0, 0.1) is 6.92 Å². The number of carbonyl (C=O) groups excluding carboxylic acids is 1. The first kappa shape index (κ1) is 18.9. The molecule has 140 valence electrons. The highest BCUT2D eigenvalue weighted by molar-refractivity contribution is 6.31. The van der Waals surface area contributed by atoms with E-state index < -0.39 is 28.2 Å². The summed E-state index contributed by atoms with van der Waals surface area (Å²) in [5.41, 5.74) is -1.02. The van der Waals surface area contributed by atoms with Gasteiger partial charge in [0.05, 0.1) is 21.5 Å². The Morgan fingerprint density at radius 2 is 1.93 bits per heavy atom. The lowest BCUT2D eigenvalue weighted by Gasteiger charge is -2.13. The molecule has 0 radical (unpaired) electrons. The van der Waals surface area contributed by atoms with Crippen LogP contribution in [0.5, 0.6) is 0 Å². The number of carbonyl (C=O) groups is 1. The van der Waals surface area contributed by atoms with Gasteiger partial charge in [0.1, 0.15) is 12.4 Å². The Morgan fingerprint density at radius 3 is 2.63 bits per heavy atom. The van der Waals surface area contributed by atoms with Crippen LogP contribution < -0.4 is 10.9 Å². The zero-order valence-electron chi connectivity index (χ0n) is 14.0. The molecule has 3 aromatic rings. The van der Waals surface area contributed by atoms with Crippen LogP contribution in [0.3, 0.4) is 0 Å². The van der Waals surface area contributed by atoms with Crippen molar-refractivity contribution in [2.75, 3.05) is 5.32 Å². The second-order valence-corrected chi connectivity index (χ2v) is 6.22. The van der Waals surface area contributed by atoms with Gasteiger partial charge in [-0.15, -0.1) is 0 Å². The summed E-state index contributed by atoms with van der Waals surface area (Å²) in [5, 5.41) is 2.23. The predicted molar refractivity (Wildman–Crippen MR) is 95.8 cm³/mol. The van der Waals surface area contributed by atoms with Gasteiger partial charge in [0.2, 0.25) is 5.91 Å². The van der Waals surface area contributed by atoms with E-state index in [1.54, 1.807) is 31.2 Å². The van der Waals surface area contributed by atoms with Crippen molar-refractivity contribution in [2.45, 2.75) is 19.6 Å². The maximum atomic E-state index is 12.9. The minimum absolute atomic E-state index is 0.0730. The Balaban J connectivity index is 1.87. The van der Waals surface area contributed by atoms with Gasteiger partial charge in [0.25, 0.3) is 5.56 Å². The summed E-state index contributed by atoms with van der Waals surface area (Å²) in [4.78, 5) is 29.1. The number of anilines is 1. The van der Waals surface area contributed by atoms with Crippen molar-refractivity contribution in [3.05, 3.63) is 69.2 Å². The zero-order valence-corrected chi connectivity index (χ0v) is 14.7. The third kappa shape index (κ3) is 3.95. The van der Waals surface area contributed by atoms with Gasteiger partial charge in [-0.2, -0.15) is 13.2 Å². The molecule has 0 atom stereocenters. The molecule has 27 heavy (non-hydrogen) atoms. The Morgan fingerprint density at radius 1 is 1.22 bits per heavy atom. The first-order chi connectivity index (χ1) is 12.7. The van der Waals surface area contributed by atoms with E-state index in [1.807, 2.05) is 0 Å². The van der Waals surface area contributed by atoms with Gasteiger partial charge in [0.15, 0.2) is 0 Å². The summed E-state index contributed by atoms with van der Waals surface area (Å²) in [6.45, 7) is 1.19. The van der Waals surface area contributed by atoms with Crippen molar-refractivity contribution in [1.29, 1.82) is 0 Å². The number of benzene rings is 2. The number of para-hydroxylation sites is 1. The van der Waals surface area contributed by atoms with Gasteiger partial charge in [-0.05, 0) is 37.3 Å². The van der Waals surface area contributed by atoms with Crippen molar-refractivity contribution >= 4 is 34.1 Å². The van der Waals surface area contributed by atoms with Gasteiger partial charge < -0.3 is 5.32 Å². The van der Waals surface area contributed by atoms with Gasteiger partial charge in [-0.3, -0.25) is 14.2 Å². The molecule has 3 rings (SSSR count). The quantitative estimate of drug-likeness (QED) is 0.728. The second kappa shape index (κ2) is 7.03. The molecular formula is C18H13ClF3N3O2. The molecule has 1 heterocycles. The Hall–Kier alpha value is -2.87. The average molecular weight is 396 g/mol. The number of nitrogens with one attached hydrogen (secondary N) is 1. The number of aromatic nitrogens is 2. The lowest BCUT2D eigenvalue weighted by molar-refractivity contribution is -0.137. The molecule has 0 spiro atoms. The van der Waals surface area contributed by atoms with Gasteiger partial charge >= 0.3 is 6.18 Å². The normalized spacial score (nSPS) is 11.6. The number of halogens is 4. The zero-order chi connectivity index (χ0) is 19.8. The number of rotatable bonds is 3. The van der Waals surface area contributed by atoms with Crippen LogP contribution in [0.1, 0.15) is 11.4 Å². The third-order valence-corrected chi connectivity index (χ3v) is 4.24. The number of hydrogen-bond donors (Lipinski definition) is 1. The molecule has 0 aliphatic heterocycles. The molecule has 0 fully saturated rings. The van der Waals surface area contributed by atoms with E-state index in [4.69, 9.17) is 11.6 Å². The number of fused-ring (bicyclic) bond motifs is 1. The third-order valence-electron chi connectivity index (χ3n) is 3.91. The van der Waals surface area contributed by atoms with Crippen molar-refractivity contribution in [1.82, 2.24) is 9.55 Å². The van der Waals surface area contributed by atoms with Crippen molar-refractivity contribution in [3.63, 3.8) is 0 Å². The molecule has 1 aromatic heterocycles. The second-order valence-electron chi connectivity index (χ2n) is 5.81. The molecule has 2 aromatic carbocycles. The van der Waals surface area contributed by atoms with Crippen molar-refractivity contribution in [3.8, 4) is 0 Å². The molecule has 0 aliphatic rings. The molecule has 0 unspecified atom stereocenters. The Labute approximate surface area is 156 Å².